The number of benzene rings is 8. The Hall–Kier alpha value is -6.58. The van der Waals surface area contributed by atoms with E-state index < -0.39 is 0 Å². The van der Waals surface area contributed by atoms with Crippen LogP contribution in [0.15, 0.2) is 176 Å². The van der Waals surface area contributed by atoms with Crippen molar-refractivity contribution in [2.24, 2.45) is 0 Å². The van der Waals surface area contributed by atoms with E-state index >= 15 is 0 Å². The molecule has 2 heterocycles. The molecule has 8 aromatic carbocycles. The van der Waals surface area contributed by atoms with Gasteiger partial charge in [0.25, 0.3) is 0 Å². The average Bonchev–Trinajstić information content (AvgIpc) is 3.55. The molecule has 0 unspecified atom stereocenters. The van der Waals surface area contributed by atoms with Crippen molar-refractivity contribution in [2.75, 3.05) is 0 Å². The van der Waals surface area contributed by atoms with E-state index in [1.54, 1.807) is 0 Å². The Labute approximate surface area is 283 Å². The highest BCUT2D eigenvalue weighted by atomic mass is 15.0. The molecule has 0 fully saturated rings. The zero-order valence-corrected chi connectivity index (χ0v) is 26.6. The topological polar surface area (TPSA) is 30.7 Å². The predicted molar refractivity (Wildman–Crippen MR) is 205 cm³/mol. The maximum Gasteiger partial charge on any atom is 0.160 e. The van der Waals surface area contributed by atoms with Crippen LogP contribution in [0.1, 0.15) is 0 Å². The largest absolute Gasteiger partial charge is 0.308 e. The Balaban J connectivity index is 1.24. The smallest absolute Gasteiger partial charge is 0.160 e. The molecule has 3 nitrogen and oxygen atoms in total. The van der Waals surface area contributed by atoms with Crippen LogP contribution >= 0.6 is 0 Å². The van der Waals surface area contributed by atoms with Gasteiger partial charge in [-0.25, -0.2) is 9.97 Å². The summed E-state index contributed by atoms with van der Waals surface area (Å²) in [6.45, 7) is 0. The minimum atomic E-state index is 0.716. The molecule has 0 N–H and O–H groups in total. The number of rotatable bonds is 4. The van der Waals surface area contributed by atoms with Crippen molar-refractivity contribution < 1.29 is 0 Å². The average molecular weight is 624 g/mol. The van der Waals surface area contributed by atoms with E-state index in [0.717, 1.165) is 33.8 Å². The second-order valence-corrected chi connectivity index (χ2v) is 12.6. The minimum Gasteiger partial charge on any atom is -0.308 e. The monoisotopic (exact) mass is 623 g/mol. The zero-order chi connectivity index (χ0) is 32.3. The normalized spacial score (nSPS) is 11.7. The van der Waals surface area contributed by atoms with Crippen LogP contribution in [0.3, 0.4) is 0 Å². The SMILES string of the molecule is c1ccc(-c2cc(-c3ccc(-n4c5c6ccccc6ccc5c5c6ccccc6c6ccccc6c54)cc3)nc(-c3ccccc3)n2)cc1. The van der Waals surface area contributed by atoms with Crippen molar-refractivity contribution >= 4 is 54.1 Å². The fraction of sp³-hybridized carbons (Fsp3) is 0. The van der Waals surface area contributed by atoms with Crippen LogP contribution in [0.25, 0.3) is 93.7 Å². The summed E-state index contributed by atoms with van der Waals surface area (Å²) in [5, 5.41) is 10.1. The summed E-state index contributed by atoms with van der Waals surface area (Å²) in [5.41, 5.74) is 8.47. The van der Waals surface area contributed by atoms with Crippen LogP contribution in [0.2, 0.25) is 0 Å². The van der Waals surface area contributed by atoms with E-state index in [9.17, 15) is 0 Å². The lowest BCUT2D eigenvalue weighted by molar-refractivity contribution is 1.17. The molecule has 0 saturated carbocycles. The molecular weight excluding hydrogens is 595 g/mol. The summed E-state index contributed by atoms with van der Waals surface area (Å²) in [6, 6.07) is 62.5. The highest BCUT2D eigenvalue weighted by Gasteiger charge is 2.20. The first-order valence-corrected chi connectivity index (χ1v) is 16.7. The maximum absolute atomic E-state index is 5.09. The molecule has 2 aromatic heterocycles. The Kier molecular flexibility index (Phi) is 6.18. The molecule has 0 spiro atoms. The molecule has 0 aliphatic rings. The molecular formula is C46H29N3. The lowest BCUT2D eigenvalue weighted by Gasteiger charge is -2.14. The van der Waals surface area contributed by atoms with E-state index in [1.165, 1.54) is 54.1 Å². The predicted octanol–water partition coefficient (Wildman–Crippen LogP) is 12.0. The minimum absolute atomic E-state index is 0.716. The van der Waals surface area contributed by atoms with E-state index in [0.29, 0.717) is 5.82 Å². The quantitative estimate of drug-likeness (QED) is 0.183. The molecule has 0 bridgehead atoms. The van der Waals surface area contributed by atoms with Gasteiger partial charge < -0.3 is 4.57 Å². The number of hydrogen-bond donors (Lipinski definition) is 0. The molecule has 0 amide bonds. The third-order valence-electron chi connectivity index (χ3n) is 9.77. The van der Waals surface area contributed by atoms with E-state index in [1.807, 2.05) is 24.3 Å². The van der Waals surface area contributed by atoms with Gasteiger partial charge >= 0.3 is 0 Å². The van der Waals surface area contributed by atoms with Crippen LogP contribution in [0, 0.1) is 0 Å². The lowest BCUT2D eigenvalue weighted by atomic mass is 9.96. The molecule has 10 aromatic rings. The van der Waals surface area contributed by atoms with Crippen LogP contribution in [0.4, 0.5) is 0 Å². The van der Waals surface area contributed by atoms with Crippen molar-refractivity contribution in [1.82, 2.24) is 14.5 Å². The molecule has 49 heavy (non-hydrogen) atoms. The summed E-state index contributed by atoms with van der Waals surface area (Å²) in [4.78, 5) is 10.1. The zero-order valence-electron chi connectivity index (χ0n) is 26.6. The molecule has 0 aliphatic heterocycles. The summed E-state index contributed by atoms with van der Waals surface area (Å²) in [5.74, 6) is 0.716. The summed E-state index contributed by atoms with van der Waals surface area (Å²) >= 11 is 0. The summed E-state index contributed by atoms with van der Waals surface area (Å²) in [7, 11) is 0. The van der Waals surface area contributed by atoms with E-state index in [2.05, 4.69) is 156 Å². The third kappa shape index (κ3) is 4.37. The van der Waals surface area contributed by atoms with Crippen LogP contribution in [-0.2, 0) is 0 Å². The van der Waals surface area contributed by atoms with Gasteiger partial charge in [-0.15, -0.1) is 0 Å². The molecule has 0 radical (unpaired) electrons. The number of aromatic nitrogens is 3. The molecule has 0 saturated heterocycles. The highest BCUT2D eigenvalue weighted by Crippen LogP contribution is 2.44. The summed E-state index contributed by atoms with van der Waals surface area (Å²) < 4.78 is 2.48. The number of nitrogens with zero attached hydrogens (tertiary/aromatic N) is 3. The lowest BCUT2D eigenvalue weighted by Crippen LogP contribution is -1.97. The fourth-order valence-electron chi connectivity index (χ4n) is 7.54. The fourth-order valence-corrected chi connectivity index (χ4v) is 7.54. The van der Waals surface area contributed by atoms with Gasteiger partial charge in [-0.2, -0.15) is 0 Å². The first kappa shape index (κ1) is 27.5. The molecule has 0 atom stereocenters. The van der Waals surface area contributed by atoms with E-state index in [4.69, 9.17) is 9.97 Å². The maximum atomic E-state index is 5.09. The second kappa shape index (κ2) is 11.0. The molecule has 10 rings (SSSR count). The first-order valence-electron chi connectivity index (χ1n) is 16.7. The van der Waals surface area contributed by atoms with Gasteiger partial charge in [0.15, 0.2) is 5.82 Å². The Morgan fingerprint density at radius 3 is 1.57 bits per heavy atom. The van der Waals surface area contributed by atoms with E-state index in [-0.39, 0.29) is 0 Å². The second-order valence-electron chi connectivity index (χ2n) is 12.6. The van der Waals surface area contributed by atoms with Gasteiger partial charge in [0.1, 0.15) is 0 Å². The molecule has 228 valence electrons. The Bertz CT molecular complexity index is 2790. The van der Waals surface area contributed by atoms with Gasteiger partial charge in [-0.05, 0) is 39.7 Å². The van der Waals surface area contributed by atoms with Crippen LogP contribution in [0.5, 0.6) is 0 Å². The molecule has 0 aliphatic carbocycles. The van der Waals surface area contributed by atoms with Gasteiger partial charge in [0.2, 0.25) is 0 Å². The first-order chi connectivity index (χ1) is 24.3. The Morgan fingerprint density at radius 1 is 0.347 bits per heavy atom. The van der Waals surface area contributed by atoms with Crippen molar-refractivity contribution in [2.45, 2.75) is 0 Å². The van der Waals surface area contributed by atoms with Crippen molar-refractivity contribution in [3.05, 3.63) is 176 Å². The van der Waals surface area contributed by atoms with Crippen molar-refractivity contribution in [1.29, 1.82) is 0 Å². The standard InChI is InChI=1S/C46H29N3/c1-3-14-31(15-4-1)41-29-42(48-46(47-41)33-16-5-2-6-17-33)32-23-26-34(27-24-32)49-44-35-18-8-7-13-30(35)25-28-40(44)43-38-21-11-9-19-36(38)37-20-10-12-22-39(37)45(43)49/h1-29H. The van der Waals surface area contributed by atoms with Gasteiger partial charge in [0.05, 0.1) is 22.4 Å². The van der Waals surface area contributed by atoms with Gasteiger partial charge in [-0.3, -0.25) is 0 Å². The third-order valence-corrected chi connectivity index (χ3v) is 9.77. The van der Waals surface area contributed by atoms with Crippen molar-refractivity contribution in [3.8, 4) is 39.6 Å². The number of hydrogen-bond acceptors (Lipinski definition) is 2. The van der Waals surface area contributed by atoms with Crippen LogP contribution in [-0.4, -0.2) is 14.5 Å². The number of fused-ring (bicyclic) bond motifs is 10. The van der Waals surface area contributed by atoms with Crippen molar-refractivity contribution in [3.63, 3.8) is 0 Å². The summed E-state index contributed by atoms with van der Waals surface area (Å²) in [6.07, 6.45) is 0. The van der Waals surface area contributed by atoms with Gasteiger partial charge in [0, 0.05) is 43.9 Å². The highest BCUT2D eigenvalue weighted by molar-refractivity contribution is 6.34. The molecule has 3 heteroatoms. The van der Waals surface area contributed by atoms with Crippen LogP contribution < -0.4 is 0 Å². The van der Waals surface area contributed by atoms with Gasteiger partial charge in [-0.1, -0.05) is 158 Å². The Morgan fingerprint density at radius 2 is 0.878 bits per heavy atom.